The van der Waals surface area contributed by atoms with E-state index in [-0.39, 0.29) is 18.1 Å². The molecule has 2 aromatic heterocycles. The highest BCUT2D eigenvalue weighted by atomic mass is 16.2. The number of carbonyl (C=O) groups excluding carboxylic acids is 1. The number of hydrogen-bond acceptors (Lipinski definition) is 4. The topological polar surface area (TPSA) is 81.3 Å². The molecule has 0 saturated heterocycles. The van der Waals surface area contributed by atoms with Crippen LogP contribution in [0.15, 0.2) is 47.3 Å². The number of hydrogen-bond donors (Lipinski definition) is 1. The van der Waals surface area contributed by atoms with Gasteiger partial charge in [0.2, 0.25) is 5.91 Å². The van der Waals surface area contributed by atoms with Crippen molar-refractivity contribution in [2.75, 3.05) is 5.32 Å². The molecule has 4 aromatic rings. The molecule has 2 aromatic carbocycles. The first-order valence-electron chi connectivity index (χ1n) is 8.66. The summed E-state index contributed by atoms with van der Waals surface area (Å²) < 4.78 is 2.67. The van der Waals surface area contributed by atoms with Crippen LogP contribution in [-0.2, 0) is 11.3 Å². The minimum absolute atomic E-state index is 0.110. The first kappa shape index (κ1) is 17.0. The van der Waals surface area contributed by atoms with E-state index < -0.39 is 0 Å². The van der Waals surface area contributed by atoms with Crippen LogP contribution in [0.25, 0.3) is 16.6 Å². The number of benzene rings is 2. The van der Waals surface area contributed by atoms with Crippen LogP contribution in [-0.4, -0.2) is 25.1 Å². The Labute approximate surface area is 155 Å². The number of rotatable bonds is 3. The largest absolute Gasteiger partial charge is 0.351 e. The maximum absolute atomic E-state index is 12.9. The molecule has 0 aliphatic heterocycles. The van der Waals surface area contributed by atoms with Crippen molar-refractivity contribution in [2.24, 2.45) is 0 Å². The first-order chi connectivity index (χ1) is 12.9. The van der Waals surface area contributed by atoms with Crippen molar-refractivity contribution in [2.45, 2.75) is 27.3 Å². The standard InChI is InChI=1S/C20H19N5O2/c1-12-8-9-15(10-13(12)2)22-18(26)11-24-17-7-5-4-6-16(17)19-21-14(3)23-25(19)20(24)27/h4-10H,11H2,1-3H3,(H,22,26). The van der Waals surface area contributed by atoms with E-state index in [2.05, 4.69) is 15.4 Å². The van der Waals surface area contributed by atoms with Crippen LogP contribution in [0, 0.1) is 20.8 Å². The highest BCUT2D eigenvalue weighted by Gasteiger charge is 2.15. The van der Waals surface area contributed by atoms with E-state index in [0.29, 0.717) is 22.7 Å². The maximum Gasteiger partial charge on any atom is 0.351 e. The summed E-state index contributed by atoms with van der Waals surface area (Å²) in [5.41, 5.74) is 3.71. The van der Waals surface area contributed by atoms with Gasteiger partial charge in [0.15, 0.2) is 5.65 Å². The van der Waals surface area contributed by atoms with Crippen molar-refractivity contribution >= 4 is 28.1 Å². The predicted octanol–water partition coefficient (Wildman–Crippen LogP) is 2.61. The van der Waals surface area contributed by atoms with Gasteiger partial charge in [0, 0.05) is 11.1 Å². The lowest BCUT2D eigenvalue weighted by atomic mass is 10.1. The summed E-state index contributed by atoms with van der Waals surface area (Å²) in [5, 5.41) is 7.81. The van der Waals surface area contributed by atoms with Crippen LogP contribution in [0.3, 0.4) is 0 Å². The van der Waals surface area contributed by atoms with Gasteiger partial charge in [-0.1, -0.05) is 18.2 Å². The summed E-state index contributed by atoms with van der Waals surface area (Å²) in [4.78, 5) is 29.8. The number of carbonyl (C=O) groups is 1. The molecule has 0 aliphatic rings. The molecule has 136 valence electrons. The summed E-state index contributed by atoms with van der Waals surface area (Å²) in [7, 11) is 0. The number of para-hydroxylation sites is 1. The van der Waals surface area contributed by atoms with E-state index in [1.54, 1.807) is 6.92 Å². The van der Waals surface area contributed by atoms with Gasteiger partial charge in [0.1, 0.15) is 12.4 Å². The van der Waals surface area contributed by atoms with Crippen molar-refractivity contribution < 1.29 is 4.79 Å². The third-order valence-electron chi connectivity index (χ3n) is 4.65. The van der Waals surface area contributed by atoms with Crippen molar-refractivity contribution in [3.8, 4) is 0 Å². The molecule has 2 heterocycles. The molecule has 0 atom stereocenters. The quantitative estimate of drug-likeness (QED) is 0.608. The molecule has 7 nitrogen and oxygen atoms in total. The fourth-order valence-corrected chi connectivity index (χ4v) is 3.15. The van der Waals surface area contributed by atoms with Gasteiger partial charge in [-0.05, 0) is 56.2 Å². The zero-order valence-corrected chi connectivity index (χ0v) is 15.4. The molecule has 1 amide bonds. The molecule has 0 aliphatic carbocycles. The Morgan fingerprint density at radius 3 is 2.63 bits per heavy atom. The van der Waals surface area contributed by atoms with Gasteiger partial charge in [-0.25, -0.2) is 9.78 Å². The summed E-state index contributed by atoms with van der Waals surface area (Å²) >= 11 is 0. The molecule has 0 spiro atoms. The Balaban J connectivity index is 1.76. The van der Waals surface area contributed by atoms with Gasteiger partial charge in [-0.3, -0.25) is 9.36 Å². The van der Waals surface area contributed by atoms with Gasteiger partial charge in [0.25, 0.3) is 0 Å². The molecule has 0 fully saturated rings. The Morgan fingerprint density at radius 1 is 1.07 bits per heavy atom. The van der Waals surface area contributed by atoms with Crippen molar-refractivity contribution in [1.82, 2.24) is 19.2 Å². The van der Waals surface area contributed by atoms with Crippen LogP contribution in [0.2, 0.25) is 0 Å². The van der Waals surface area contributed by atoms with Crippen LogP contribution in [0.5, 0.6) is 0 Å². The van der Waals surface area contributed by atoms with E-state index in [1.165, 1.54) is 9.08 Å². The van der Waals surface area contributed by atoms with Crippen molar-refractivity contribution in [3.05, 3.63) is 69.9 Å². The third kappa shape index (κ3) is 2.97. The maximum atomic E-state index is 12.9. The normalized spacial score (nSPS) is 11.2. The molecular weight excluding hydrogens is 342 g/mol. The zero-order chi connectivity index (χ0) is 19.1. The molecule has 0 saturated carbocycles. The Hall–Kier alpha value is -3.48. The number of aryl methyl sites for hydroxylation is 3. The van der Waals surface area contributed by atoms with Gasteiger partial charge < -0.3 is 5.32 Å². The lowest BCUT2D eigenvalue weighted by Crippen LogP contribution is -2.32. The van der Waals surface area contributed by atoms with Crippen LogP contribution in [0.1, 0.15) is 17.0 Å². The zero-order valence-electron chi connectivity index (χ0n) is 15.4. The van der Waals surface area contributed by atoms with Gasteiger partial charge in [-0.15, -0.1) is 5.10 Å². The van der Waals surface area contributed by atoms with Crippen LogP contribution >= 0.6 is 0 Å². The lowest BCUT2D eigenvalue weighted by Gasteiger charge is -2.12. The lowest BCUT2D eigenvalue weighted by molar-refractivity contribution is -0.116. The second kappa shape index (κ2) is 6.35. The second-order valence-electron chi connectivity index (χ2n) is 6.63. The van der Waals surface area contributed by atoms with Crippen molar-refractivity contribution in [3.63, 3.8) is 0 Å². The van der Waals surface area contributed by atoms with E-state index in [0.717, 1.165) is 16.5 Å². The average molecular weight is 361 g/mol. The van der Waals surface area contributed by atoms with Gasteiger partial charge in [-0.2, -0.15) is 4.52 Å². The smallest absolute Gasteiger partial charge is 0.325 e. The number of fused-ring (bicyclic) bond motifs is 3. The number of amides is 1. The fraction of sp³-hybridized carbons (Fsp3) is 0.200. The van der Waals surface area contributed by atoms with Crippen molar-refractivity contribution in [1.29, 1.82) is 0 Å². The summed E-state index contributed by atoms with van der Waals surface area (Å²) in [6.07, 6.45) is 0. The average Bonchev–Trinajstić information content (AvgIpc) is 3.04. The monoisotopic (exact) mass is 361 g/mol. The molecule has 0 bridgehead atoms. The molecule has 27 heavy (non-hydrogen) atoms. The minimum Gasteiger partial charge on any atom is -0.325 e. The number of anilines is 1. The predicted molar refractivity (Wildman–Crippen MR) is 104 cm³/mol. The molecule has 7 heteroatoms. The van der Waals surface area contributed by atoms with Gasteiger partial charge >= 0.3 is 5.69 Å². The molecular formula is C20H19N5O2. The first-order valence-corrected chi connectivity index (χ1v) is 8.66. The summed E-state index contributed by atoms with van der Waals surface area (Å²) in [6, 6.07) is 13.1. The molecule has 1 N–H and O–H groups in total. The number of aromatic nitrogens is 4. The van der Waals surface area contributed by atoms with E-state index in [4.69, 9.17) is 0 Å². The Morgan fingerprint density at radius 2 is 1.85 bits per heavy atom. The van der Waals surface area contributed by atoms with E-state index >= 15 is 0 Å². The fourth-order valence-electron chi connectivity index (χ4n) is 3.15. The highest BCUT2D eigenvalue weighted by Crippen LogP contribution is 2.17. The molecule has 4 rings (SSSR count). The van der Waals surface area contributed by atoms with E-state index in [1.807, 2.05) is 56.3 Å². The second-order valence-corrected chi connectivity index (χ2v) is 6.63. The highest BCUT2D eigenvalue weighted by molar-refractivity contribution is 5.94. The summed E-state index contributed by atoms with van der Waals surface area (Å²) in [6.45, 7) is 5.63. The molecule has 0 radical (unpaired) electrons. The Bertz CT molecular complexity index is 1250. The van der Waals surface area contributed by atoms with Crippen LogP contribution in [0.4, 0.5) is 5.69 Å². The molecule has 0 unspecified atom stereocenters. The third-order valence-corrected chi connectivity index (χ3v) is 4.65. The Kier molecular flexibility index (Phi) is 3.99. The number of nitrogens with one attached hydrogen (secondary N) is 1. The number of nitrogens with zero attached hydrogens (tertiary/aromatic N) is 4. The van der Waals surface area contributed by atoms with E-state index in [9.17, 15) is 9.59 Å². The van der Waals surface area contributed by atoms with Crippen LogP contribution < -0.4 is 11.0 Å². The summed E-state index contributed by atoms with van der Waals surface area (Å²) in [5.74, 6) is 0.233. The SMILES string of the molecule is Cc1nc2c3ccccc3n(CC(=O)Nc3ccc(C)c(C)c3)c(=O)n2n1. The van der Waals surface area contributed by atoms with Gasteiger partial charge in [0.05, 0.1) is 5.52 Å². The minimum atomic E-state index is -0.389.